The van der Waals surface area contributed by atoms with Crippen LogP contribution in [0.5, 0.6) is 5.75 Å². The number of amides is 1. The van der Waals surface area contributed by atoms with Gasteiger partial charge in [0.15, 0.2) is 6.10 Å². The number of nitrogens with one attached hydrogen (secondary N) is 1. The summed E-state index contributed by atoms with van der Waals surface area (Å²) < 4.78 is 7.89. The number of hydrogen-bond acceptors (Lipinski definition) is 4. The highest BCUT2D eigenvalue weighted by Gasteiger charge is 2.33. The van der Waals surface area contributed by atoms with Crippen LogP contribution in [0.15, 0.2) is 84.9 Å². The highest BCUT2D eigenvalue weighted by molar-refractivity contribution is 5.91. The number of carbonyl (C=O) groups excluding carboxylic acids is 1. The maximum Gasteiger partial charge on any atom is 0.246 e. The van der Waals surface area contributed by atoms with Crippen LogP contribution in [0.1, 0.15) is 17.4 Å². The first kappa shape index (κ1) is 17.2. The monoisotopic (exact) mass is 382 g/mol. The molecule has 0 radical (unpaired) electrons. The molecule has 1 aliphatic rings. The Bertz CT molecular complexity index is 1160. The largest absolute Gasteiger partial charge is 0.478 e. The Hall–Kier alpha value is -3.93. The van der Waals surface area contributed by atoms with Gasteiger partial charge in [-0.05, 0) is 29.8 Å². The Kier molecular flexibility index (Phi) is 4.29. The summed E-state index contributed by atoms with van der Waals surface area (Å²) in [6.07, 6.45) is -0.368. The zero-order chi connectivity index (χ0) is 19.6. The van der Waals surface area contributed by atoms with E-state index >= 15 is 0 Å². The minimum atomic E-state index is -0.368. The third-order valence-corrected chi connectivity index (χ3v) is 4.85. The van der Waals surface area contributed by atoms with E-state index in [0.717, 1.165) is 28.3 Å². The number of para-hydroxylation sites is 2. The minimum absolute atomic E-state index is 0.0626. The van der Waals surface area contributed by atoms with Crippen LogP contribution in [0.4, 0.5) is 5.69 Å². The van der Waals surface area contributed by atoms with Crippen molar-refractivity contribution in [3.05, 3.63) is 96.2 Å². The fraction of sp³-hybridized carbons (Fsp3) is 0.0870. The van der Waals surface area contributed by atoms with Crippen LogP contribution in [0.2, 0.25) is 0 Å². The van der Waals surface area contributed by atoms with Crippen molar-refractivity contribution in [3.63, 3.8) is 0 Å². The summed E-state index contributed by atoms with van der Waals surface area (Å²) in [4.78, 5) is 12.6. The molecule has 5 rings (SSSR count). The van der Waals surface area contributed by atoms with Crippen LogP contribution in [-0.2, 0) is 11.3 Å². The number of carbonyl (C=O) groups is 1. The van der Waals surface area contributed by atoms with E-state index in [0.29, 0.717) is 5.69 Å². The quantitative estimate of drug-likeness (QED) is 0.578. The van der Waals surface area contributed by atoms with Gasteiger partial charge < -0.3 is 10.1 Å². The average Bonchev–Trinajstić information content (AvgIpc) is 3.18. The van der Waals surface area contributed by atoms with E-state index in [-0.39, 0.29) is 18.6 Å². The van der Waals surface area contributed by atoms with Crippen LogP contribution in [0, 0.1) is 0 Å². The summed E-state index contributed by atoms with van der Waals surface area (Å²) in [5.74, 6) is 0.588. The van der Waals surface area contributed by atoms with E-state index in [1.54, 1.807) is 4.68 Å². The van der Waals surface area contributed by atoms with Gasteiger partial charge in [0.25, 0.3) is 0 Å². The molecule has 2 heterocycles. The van der Waals surface area contributed by atoms with Crippen molar-refractivity contribution in [2.24, 2.45) is 0 Å². The Morgan fingerprint density at radius 2 is 1.62 bits per heavy atom. The molecular formula is C23H18N4O2. The molecule has 1 aromatic heterocycles. The number of rotatable bonds is 4. The van der Waals surface area contributed by atoms with Crippen LogP contribution in [0.3, 0.4) is 0 Å². The highest BCUT2D eigenvalue weighted by atomic mass is 16.5. The molecule has 3 aromatic carbocycles. The van der Waals surface area contributed by atoms with Crippen molar-refractivity contribution in [2.45, 2.75) is 12.6 Å². The van der Waals surface area contributed by atoms with Gasteiger partial charge in [0.2, 0.25) is 5.91 Å². The van der Waals surface area contributed by atoms with Gasteiger partial charge in [0.05, 0.1) is 0 Å². The maximum absolute atomic E-state index is 12.6. The van der Waals surface area contributed by atoms with E-state index in [9.17, 15) is 4.79 Å². The molecule has 0 saturated carbocycles. The van der Waals surface area contributed by atoms with Crippen molar-refractivity contribution in [1.29, 1.82) is 0 Å². The zero-order valence-corrected chi connectivity index (χ0v) is 15.5. The second-order valence-corrected chi connectivity index (χ2v) is 6.80. The van der Waals surface area contributed by atoms with E-state index in [2.05, 4.69) is 15.6 Å². The van der Waals surface area contributed by atoms with Gasteiger partial charge in [-0.2, -0.15) is 0 Å². The normalized spacial score (nSPS) is 14.4. The van der Waals surface area contributed by atoms with Crippen LogP contribution < -0.4 is 10.1 Å². The molecule has 0 fully saturated rings. The van der Waals surface area contributed by atoms with Gasteiger partial charge in [0, 0.05) is 11.3 Å². The molecule has 0 aliphatic carbocycles. The van der Waals surface area contributed by atoms with Gasteiger partial charge in [-0.1, -0.05) is 65.9 Å². The lowest BCUT2D eigenvalue weighted by Crippen LogP contribution is -2.21. The van der Waals surface area contributed by atoms with E-state index < -0.39 is 0 Å². The smallest absolute Gasteiger partial charge is 0.246 e. The molecule has 0 bridgehead atoms. The molecule has 1 N–H and O–H groups in total. The zero-order valence-electron chi connectivity index (χ0n) is 15.5. The number of nitrogens with zero attached hydrogens (tertiary/aromatic N) is 3. The van der Waals surface area contributed by atoms with Crippen molar-refractivity contribution in [1.82, 2.24) is 15.0 Å². The second-order valence-electron chi connectivity index (χ2n) is 6.80. The molecule has 4 aromatic rings. The fourth-order valence-corrected chi connectivity index (χ4v) is 3.55. The van der Waals surface area contributed by atoms with Crippen molar-refractivity contribution in [2.75, 3.05) is 5.32 Å². The number of fused-ring (bicyclic) bond motifs is 3. The first-order valence-electron chi connectivity index (χ1n) is 9.39. The third-order valence-electron chi connectivity index (χ3n) is 4.85. The van der Waals surface area contributed by atoms with E-state index in [1.807, 2.05) is 84.9 Å². The van der Waals surface area contributed by atoms with Gasteiger partial charge >= 0.3 is 0 Å². The highest BCUT2D eigenvalue weighted by Crippen LogP contribution is 2.43. The van der Waals surface area contributed by atoms with Crippen LogP contribution in [-0.4, -0.2) is 20.9 Å². The lowest BCUT2D eigenvalue weighted by atomic mass is 9.98. The second kappa shape index (κ2) is 7.24. The molecule has 6 nitrogen and oxygen atoms in total. The molecular weight excluding hydrogens is 364 g/mol. The summed E-state index contributed by atoms with van der Waals surface area (Å²) in [5, 5.41) is 11.6. The summed E-state index contributed by atoms with van der Waals surface area (Å²) in [5.41, 5.74) is 4.14. The summed E-state index contributed by atoms with van der Waals surface area (Å²) in [6, 6.07) is 27.0. The lowest BCUT2D eigenvalue weighted by Gasteiger charge is -2.26. The number of benzene rings is 3. The number of hydrogen-bond donors (Lipinski definition) is 1. The SMILES string of the molecule is O=C(Cn1nnc2c1-c1ccccc1O[C@H]2c1ccccc1)Nc1ccccc1. The number of ether oxygens (including phenoxy) is 1. The lowest BCUT2D eigenvalue weighted by molar-refractivity contribution is -0.116. The Morgan fingerprint density at radius 3 is 2.41 bits per heavy atom. The average molecular weight is 382 g/mol. The third kappa shape index (κ3) is 3.25. The summed E-state index contributed by atoms with van der Waals surface area (Å²) in [7, 11) is 0. The first-order chi connectivity index (χ1) is 14.3. The molecule has 1 amide bonds. The van der Waals surface area contributed by atoms with Crippen molar-refractivity contribution >= 4 is 11.6 Å². The van der Waals surface area contributed by atoms with Gasteiger partial charge in [-0.25, -0.2) is 4.68 Å². The molecule has 1 aliphatic heterocycles. The molecule has 1 atom stereocenters. The van der Waals surface area contributed by atoms with Gasteiger partial charge in [-0.15, -0.1) is 5.10 Å². The van der Waals surface area contributed by atoms with Crippen molar-refractivity contribution in [3.8, 4) is 17.0 Å². The number of anilines is 1. The molecule has 29 heavy (non-hydrogen) atoms. The summed E-state index contributed by atoms with van der Waals surface area (Å²) >= 11 is 0. The Balaban J connectivity index is 1.51. The Morgan fingerprint density at radius 1 is 0.931 bits per heavy atom. The molecule has 0 unspecified atom stereocenters. The minimum Gasteiger partial charge on any atom is -0.478 e. The molecule has 6 heteroatoms. The molecule has 0 spiro atoms. The van der Waals surface area contributed by atoms with Crippen LogP contribution in [0.25, 0.3) is 11.3 Å². The summed E-state index contributed by atoms with van der Waals surface area (Å²) in [6.45, 7) is 0.0626. The van der Waals surface area contributed by atoms with E-state index in [4.69, 9.17) is 4.74 Å². The van der Waals surface area contributed by atoms with E-state index in [1.165, 1.54) is 0 Å². The Labute approximate surface area is 167 Å². The van der Waals surface area contributed by atoms with Crippen molar-refractivity contribution < 1.29 is 9.53 Å². The molecule has 0 saturated heterocycles. The fourth-order valence-electron chi connectivity index (χ4n) is 3.55. The molecule has 142 valence electrons. The number of aromatic nitrogens is 3. The first-order valence-corrected chi connectivity index (χ1v) is 9.39. The standard InChI is InChI=1S/C23H18N4O2/c28-20(24-17-11-5-2-6-12-17)15-27-22-18-13-7-8-14-19(18)29-23(21(22)25-26-27)16-9-3-1-4-10-16/h1-14,23H,15H2,(H,24,28)/t23-/m0/s1. The topological polar surface area (TPSA) is 69.0 Å². The predicted octanol–water partition coefficient (Wildman–Crippen LogP) is 4.07. The van der Waals surface area contributed by atoms with Gasteiger partial charge in [-0.3, -0.25) is 4.79 Å². The van der Waals surface area contributed by atoms with Crippen LogP contribution >= 0.6 is 0 Å². The predicted molar refractivity (Wildman–Crippen MR) is 109 cm³/mol. The maximum atomic E-state index is 12.6. The van der Waals surface area contributed by atoms with Gasteiger partial charge in [0.1, 0.15) is 23.7 Å².